The first-order chi connectivity index (χ1) is 8.59. The molecule has 0 aliphatic rings. The molecule has 0 aliphatic carbocycles. The van der Waals surface area contributed by atoms with Gasteiger partial charge in [-0.3, -0.25) is 0 Å². The molecule has 0 bridgehead atoms. The number of carbonyl (C=O) groups is 1. The van der Waals surface area contributed by atoms with Gasteiger partial charge in [0, 0.05) is 6.54 Å². The van der Waals surface area contributed by atoms with Crippen LogP contribution in [0.4, 0.5) is 5.82 Å². The largest absolute Gasteiger partial charge is 0.479 e. The summed E-state index contributed by atoms with van der Waals surface area (Å²) in [4.78, 5) is 22.5. The first-order valence-corrected chi connectivity index (χ1v) is 5.77. The SMILES string of the molecule is Nc1ncnc2c1ncn2CCOC(P)C(=O)O. The lowest BCUT2D eigenvalue weighted by atomic mass is 10.5. The number of hydrogen-bond acceptors (Lipinski definition) is 6. The van der Waals surface area contributed by atoms with Gasteiger partial charge in [-0.1, -0.05) is 9.24 Å². The van der Waals surface area contributed by atoms with Crippen LogP contribution < -0.4 is 5.73 Å². The molecule has 0 aromatic carbocycles. The molecule has 0 fully saturated rings. The van der Waals surface area contributed by atoms with E-state index >= 15 is 0 Å². The van der Waals surface area contributed by atoms with Crippen molar-refractivity contribution in [2.45, 2.75) is 12.4 Å². The lowest BCUT2D eigenvalue weighted by molar-refractivity contribution is -0.144. The fourth-order valence-electron chi connectivity index (χ4n) is 1.41. The number of fused-ring (bicyclic) bond motifs is 1. The summed E-state index contributed by atoms with van der Waals surface area (Å²) < 4.78 is 6.82. The maximum absolute atomic E-state index is 10.5. The van der Waals surface area contributed by atoms with E-state index in [2.05, 4.69) is 24.2 Å². The van der Waals surface area contributed by atoms with Crippen LogP contribution in [0.3, 0.4) is 0 Å². The summed E-state index contributed by atoms with van der Waals surface area (Å²) in [5.41, 5.74) is 6.77. The topological polar surface area (TPSA) is 116 Å². The number of rotatable bonds is 5. The molecule has 2 rings (SSSR count). The van der Waals surface area contributed by atoms with Crippen molar-refractivity contribution in [2.24, 2.45) is 0 Å². The second-order valence-electron chi connectivity index (χ2n) is 3.50. The molecule has 0 saturated heterocycles. The maximum atomic E-state index is 10.5. The van der Waals surface area contributed by atoms with E-state index in [1.54, 1.807) is 10.9 Å². The van der Waals surface area contributed by atoms with Crippen LogP contribution in [0.15, 0.2) is 12.7 Å². The molecule has 3 N–H and O–H groups in total. The molecule has 0 amide bonds. The molecule has 2 atom stereocenters. The van der Waals surface area contributed by atoms with Crippen molar-refractivity contribution in [1.82, 2.24) is 19.5 Å². The van der Waals surface area contributed by atoms with Crippen molar-refractivity contribution in [3.05, 3.63) is 12.7 Å². The Morgan fingerprint density at radius 2 is 2.33 bits per heavy atom. The van der Waals surface area contributed by atoms with Gasteiger partial charge in [-0.25, -0.2) is 19.7 Å². The number of imidazole rings is 1. The van der Waals surface area contributed by atoms with Gasteiger partial charge in [-0.15, -0.1) is 0 Å². The van der Waals surface area contributed by atoms with Gasteiger partial charge in [0.25, 0.3) is 0 Å². The number of nitrogen functional groups attached to an aromatic ring is 1. The summed E-state index contributed by atoms with van der Waals surface area (Å²) in [6.07, 6.45) is 2.92. The highest BCUT2D eigenvalue weighted by atomic mass is 31.0. The van der Waals surface area contributed by atoms with Crippen LogP contribution in [0.2, 0.25) is 0 Å². The minimum absolute atomic E-state index is 0.232. The summed E-state index contributed by atoms with van der Waals surface area (Å²) in [6.45, 7) is 0.668. The molecular weight excluding hydrogens is 257 g/mol. The Morgan fingerprint density at radius 1 is 1.56 bits per heavy atom. The predicted octanol–water partition coefficient (Wildman–Crippen LogP) is -0.289. The van der Waals surface area contributed by atoms with Crippen LogP contribution in [0.5, 0.6) is 0 Å². The van der Waals surface area contributed by atoms with Crippen LogP contribution >= 0.6 is 9.24 Å². The summed E-state index contributed by atoms with van der Waals surface area (Å²) in [5.74, 6) is -1.63. The van der Waals surface area contributed by atoms with Gasteiger partial charge in [-0.2, -0.15) is 0 Å². The van der Waals surface area contributed by atoms with Gasteiger partial charge in [0.05, 0.1) is 12.9 Å². The third kappa shape index (κ3) is 2.55. The monoisotopic (exact) mass is 269 g/mol. The summed E-state index contributed by atoms with van der Waals surface area (Å²) >= 11 is 0. The second kappa shape index (κ2) is 5.24. The van der Waals surface area contributed by atoms with Gasteiger partial charge >= 0.3 is 5.97 Å². The molecule has 0 spiro atoms. The van der Waals surface area contributed by atoms with Crippen molar-refractivity contribution < 1.29 is 14.6 Å². The van der Waals surface area contributed by atoms with E-state index in [9.17, 15) is 4.79 Å². The molecule has 18 heavy (non-hydrogen) atoms. The van der Waals surface area contributed by atoms with Crippen molar-refractivity contribution in [3.8, 4) is 0 Å². The van der Waals surface area contributed by atoms with E-state index in [-0.39, 0.29) is 6.61 Å². The second-order valence-corrected chi connectivity index (χ2v) is 4.10. The van der Waals surface area contributed by atoms with Crippen molar-refractivity contribution in [3.63, 3.8) is 0 Å². The third-order valence-corrected chi connectivity index (χ3v) is 2.78. The van der Waals surface area contributed by atoms with Crippen molar-refractivity contribution in [2.75, 3.05) is 12.3 Å². The van der Waals surface area contributed by atoms with Crippen molar-refractivity contribution >= 4 is 32.2 Å². The summed E-state index contributed by atoms with van der Waals surface area (Å²) in [5, 5.41) is 8.65. The smallest absolute Gasteiger partial charge is 0.336 e. The summed E-state index contributed by atoms with van der Waals surface area (Å²) in [6, 6.07) is 0. The highest BCUT2D eigenvalue weighted by Crippen LogP contribution is 2.14. The number of carboxylic acid groups (broad SMARTS) is 1. The number of anilines is 1. The Morgan fingerprint density at radius 3 is 3.06 bits per heavy atom. The number of ether oxygens (including phenoxy) is 1. The van der Waals surface area contributed by atoms with E-state index in [4.69, 9.17) is 15.6 Å². The number of carboxylic acids is 1. The van der Waals surface area contributed by atoms with Crippen LogP contribution in [-0.4, -0.2) is 43.0 Å². The molecule has 2 unspecified atom stereocenters. The molecular formula is C9H12N5O3P. The minimum Gasteiger partial charge on any atom is -0.479 e. The van der Waals surface area contributed by atoms with Crippen molar-refractivity contribution in [1.29, 1.82) is 0 Å². The third-order valence-electron chi connectivity index (χ3n) is 2.30. The van der Waals surface area contributed by atoms with E-state index < -0.39 is 11.8 Å². The molecule has 0 radical (unpaired) electrons. The number of aromatic nitrogens is 4. The van der Waals surface area contributed by atoms with Crippen LogP contribution in [0, 0.1) is 0 Å². The molecule has 2 aromatic rings. The zero-order valence-electron chi connectivity index (χ0n) is 9.35. The summed E-state index contributed by atoms with van der Waals surface area (Å²) in [7, 11) is 2.10. The maximum Gasteiger partial charge on any atom is 0.336 e. The highest BCUT2D eigenvalue weighted by molar-refractivity contribution is 7.19. The van der Waals surface area contributed by atoms with Gasteiger partial charge < -0.3 is 20.1 Å². The lowest BCUT2D eigenvalue weighted by Gasteiger charge is -2.08. The minimum atomic E-state index is -1.03. The van der Waals surface area contributed by atoms with Gasteiger partial charge in [0.2, 0.25) is 0 Å². The van der Waals surface area contributed by atoms with Crippen LogP contribution in [-0.2, 0) is 16.1 Å². The molecule has 0 aliphatic heterocycles. The fraction of sp³-hybridized carbons (Fsp3) is 0.333. The molecule has 9 heteroatoms. The average Bonchev–Trinajstić information content (AvgIpc) is 2.74. The molecule has 96 valence electrons. The first-order valence-electron chi connectivity index (χ1n) is 5.11. The average molecular weight is 269 g/mol. The Kier molecular flexibility index (Phi) is 3.69. The molecule has 2 aromatic heterocycles. The molecule has 2 heterocycles. The van der Waals surface area contributed by atoms with E-state index in [0.29, 0.717) is 23.5 Å². The van der Waals surface area contributed by atoms with E-state index in [1.165, 1.54) is 6.33 Å². The van der Waals surface area contributed by atoms with Gasteiger partial charge in [0.1, 0.15) is 11.8 Å². The standard InChI is InChI=1S/C9H12N5O3P/c10-6-5-7(12-3-11-6)14(4-13-5)1-2-17-9(18)8(15)16/h3-4,9H,1-2,18H2,(H,15,16)(H2,10,11,12). The quantitative estimate of drug-likeness (QED) is 0.716. The van der Waals surface area contributed by atoms with E-state index in [1.807, 2.05) is 0 Å². The Hall–Kier alpha value is -1.79. The number of nitrogens with two attached hydrogens (primary N) is 1. The first kappa shape index (κ1) is 12.7. The Balaban J connectivity index is 2.04. The Labute approximate surface area is 104 Å². The lowest BCUT2D eigenvalue weighted by Crippen LogP contribution is -2.19. The van der Waals surface area contributed by atoms with Gasteiger partial charge in [-0.05, 0) is 0 Å². The number of hydrogen-bond donors (Lipinski definition) is 2. The van der Waals surface area contributed by atoms with Crippen LogP contribution in [0.25, 0.3) is 11.2 Å². The fourth-order valence-corrected chi connectivity index (χ4v) is 1.55. The predicted molar refractivity (Wildman–Crippen MR) is 66.8 cm³/mol. The Bertz CT molecular complexity index is 572. The number of nitrogens with zero attached hydrogens (tertiary/aromatic N) is 4. The zero-order chi connectivity index (χ0) is 13.1. The van der Waals surface area contributed by atoms with E-state index in [0.717, 1.165) is 0 Å². The van der Waals surface area contributed by atoms with Gasteiger partial charge in [0.15, 0.2) is 17.3 Å². The molecule has 0 saturated carbocycles. The normalized spacial score (nSPS) is 12.7. The zero-order valence-corrected chi connectivity index (χ0v) is 10.5. The molecule has 8 nitrogen and oxygen atoms in total. The highest BCUT2D eigenvalue weighted by Gasteiger charge is 2.12. The van der Waals surface area contributed by atoms with Crippen LogP contribution in [0.1, 0.15) is 0 Å². The number of aliphatic carboxylic acids is 1.